The van der Waals surface area contributed by atoms with Gasteiger partial charge in [-0.15, -0.1) is 0 Å². The summed E-state index contributed by atoms with van der Waals surface area (Å²) in [7, 11) is 0. The molecule has 0 bridgehead atoms. The molecule has 0 aliphatic carbocycles. The minimum absolute atomic E-state index is 0.257. The Bertz CT molecular complexity index is 1040. The van der Waals surface area contributed by atoms with E-state index in [1.54, 1.807) is 12.1 Å². The van der Waals surface area contributed by atoms with Crippen LogP contribution in [0.25, 0.3) is 11.1 Å². The van der Waals surface area contributed by atoms with Crippen LogP contribution in [0, 0.1) is 0 Å². The molecule has 2 N–H and O–H groups in total. The summed E-state index contributed by atoms with van der Waals surface area (Å²) >= 11 is 0. The Morgan fingerprint density at radius 1 is 0.848 bits per heavy atom. The summed E-state index contributed by atoms with van der Waals surface area (Å²) in [4.78, 5) is 2.29. The van der Waals surface area contributed by atoms with E-state index >= 15 is 0 Å². The molecule has 1 heterocycles. The zero-order chi connectivity index (χ0) is 23.0. The number of hydrogen-bond acceptors (Lipinski definition) is 4. The van der Waals surface area contributed by atoms with E-state index in [2.05, 4.69) is 48.2 Å². The SMILES string of the molecule is CC/C(=C(\c1ccc(O)cc1)c1ccc(OCC(O)CN2CCCC2)cc1)c1ccccc1. The van der Waals surface area contributed by atoms with Gasteiger partial charge in [-0.1, -0.05) is 61.5 Å². The number of β-amino-alcohol motifs (C(OH)–C–C–N with tert-alkyl or cyclic N) is 1. The van der Waals surface area contributed by atoms with Crippen LogP contribution < -0.4 is 4.74 Å². The number of phenolic OH excluding ortho intramolecular Hbond substituents is 1. The Kier molecular flexibility index (Phi) is 7.82. The van der Waals surface area contributed by atoms with Crippen LogP contribution in [0.5, 0.6) is 11.5 Å². The van der Waals surface area contributed by atoms with Gasteiger partial charge in [-0.25, -0.2) is 0 Å². The third kappa shape index (κ3) is 6.04. The normalized spacial score (nSPS) is 15.8. The van der Waals surface area contributed by atoms with Crippen molar-refractivity contribution in [1.29, 1.82) is 0 Å². The molecule has 1 aliphatic heterocycles. The molecule has 3 aromatic carbocycles. The molecule has 0 saturated carbocycles. The number of nitrogens with zero attached hydrogens (tertiary/aromatic N) is 1. The molecule has 172 valence electrons. The first-order chi connectivity index (χ1) is 16.1. The number of aliphatic hydroxyl groups excluding tert-OH is 1. The molecule has 4 heteroatoms. The molecule has 1 aliphatic rings. The predicted molar refractivity (Wildman–Crippen MR) is 134 cm³/mol. The van der Waals surface area contributed by atoms with E-state index in [0.29, 0.717) is 13.2 Å². The molecule has 33 heavy (non-hydrogen) atoms. The molecule has 1 atom stereocenters. The van der Waals surface area contributed by atoms with Gasteiger partial charge in [-0.3, -0.25) is 0 Å². The lowest BCUT2D eigenvalue weighted by molar-refractivity contribution is 0.0758. The quantitative estimate of drug-likeness (QED) is 0.423. The lowest BCUT2D eigenvalue weighted by atomic mass is 9.88. The van der Waals surface area contributed by atoms with Gasteiger partial charge in [0.15, 0.2) is 0 Å². The Hall–Kier alpha value is -3.08. The largest absolute Gasteiger partial charge is 0.508 e. The van der Waals surface area contributed by atoms with E-state index in [1.165, 1.54) is 24.0 Å². The molecule has 0 amide bonds. The fourth-order valence-electron chi connectivity index (χ4n) is 4.53. The second kappa shape index (κ2) is 11.2. The van der Waals surface area contributed by atoms with Crippen molar-refractivity contribution in [2.75, 3.05) is 26.2 Å². The van der Waals surface area contributed by atoms with Gasteiger partial charge in [0.2, 0.25) is 0 Å². The number of allylic oxidation sites excluding steroid dienone is 1. The topological polar surface area (TPSA) is 52.9 Å². The van der Waals surface area contributed by atoms with Crippen molar-refractivity contribution in [3.8, 4) is 11.5 Å². The first-order valence-electron chi connectivity index (χ1n) is 11.9. The summed E-state index contributed by atoms with van der Waals surface area (Å²) < 4.78 is 5.88. The van der Waals surface area contributed by atoms with Gasteiger partial charge in [0.05, 0.1) is 0 Å². The summed E-state index contributed by atoms with van der Waals surface area (Å²) in [5.41, 5.74) is 5.73. The van der Waals surface area contributed by atoms with Crippen molar-refractivity contribution < 1.29 is 14.9 Å². The standard InChI is InChI=1S/C29H33NO3/c1-2-28(22-8-4-3-5-9-22)29(23-10-14-25(31)15-11-23)24-12-16-27(17-13-24)33-21-26(32)20-30-18-6-7-19-30/h3-5,8-17,26,31-32H,2,6-7,18-21H2,1H3/b29-28-. The van der Waals surface area contributed by atoms with Gasteiger partial charge in [0, 0.05) is 6.54 Å². The minimum atomic E-state index is -0.486. The van der Waals surface area contributed by atoms with Crippen LogP contribution >= 0.6 is 0 Å². The molecule has 0 spiro atoms. The Balaban J connectivity index is 1.57. The van der Waals surface area contributed by atoms with Crippen LogP contribution in [0.1, 0.15) is 42.9 Å². The Morgan fingerprint density at radius 2 is 1.45 bits per heavy atom. The van der Waals surface area contributed by atoms with Crippen LogP contribution in [0.4, 0.5) is 0 Å². The van der Waals surface area contributed by atoms with Crippen molar-refractivity contribution in [2.24, 2.45) is 0 Å². The summed E-state index contributed by atoms with van der Waals surface area (Å²) in [5.74, 6) is 1.01. The highest BCUT2D eigenvalue weighted by molar-refractivity contribution is 5.98. The average molecular weight is 444 g/mol. The van der Waals surface area contributed by atoms with E-state index < -0.39 is 6.10 Å². The maximum Gasteiger partial charge on any atom is 0.119 e. The fraction of sp³-hybridized carbons (Fsp3) is 0.310. The van der Waals surface area contributed by atoms with Crippen molar-refractivity contribution in [3.05, 3.63) is 95.6 Å². The van der Waals surface area contributed by atoms with Gasteiger partial charge in [0.25, 0.3) is 0 Å². The number of hydrogen-bond donors (Lipinski definition) is 2. The van der Waals surface area contributed by atoms with Gasteiger partial charge in [0.1, 0.15) is 24.2 Å². The molecule has 1 unspecified atom stereocenters. The lowest BCUT2D eigenvalue weighted by Gasteiger charge is -2.20. The maximum atomic E-state index is 10.3. The van der Waals surface area contributed by atoms with Crippen molar-refractivity contribution in [3.63, 3.8) is 0 Å². The van der Waals surface area contributed by atoms with Crippen LogP contribution in [0.2, 0.25) is 0 Å². The average Bonchev–Trinajstić information content (AvgIpc) is 3.36. The number of likely N-dealkylation sites (tertiary alicyclic amines) is 1. The number of benzene rings is 3. The van der Waals surface area contributed by atoms with E-state index in [9.17, 15) is 10.2 Å². The van der Waals surface area contributed by atoms with Crippen LogP contribution in [0.15, 0.2) is 78.9 Å². The number of rotatable bonds is 9. The summed E-state index contributed by atoms with van der Waals surface area (Å²) in [6.07, 6.45) is 2.82. The maximum absolute atomic E-state index is 10.3. The highest BCUT2D eigenvalue weighted by Crippen LogP contribution is 2.35. The van der Waals surface area contributed by atoms with E-state index in [1.807, 2.05) is 30.3 Å². The molecular formula is C29H33NO3. The molecule has 0 aromatic heterocycles. The highest BCUT2D eigenvalue weighted by Gasteiger charge is 2.17. The Labute approximate surface area is 196 Å². The number of aliphatic hydroxyl groups is 1. The van der Waals surface area contributed by atoms with E-state index in [0.717, 1.165) is 42.0 Å². The second-order valence-electron chi connectivity index (χ2n) is 8.62. The van der Waals surface area contributed by atoms with Gasteiger partial charge < -0.3 is 19.8 Å². The first kappa shape index (κ1) is 23.1. The van der Waals surface area contributed by atoms with E-state index in [-0.39, 0.29) is 5.75 Å². The monoisotopic (exact) mass is 443 g/mol. The smallest absolute Gasteiger partial charge is 0.119 e. The third-order valence-corrected chi connectivity index (χ3v) is 6.19. The lowest BCUT2D eigenvalue weighted by Crippen LogP contribution is -2.33. The molecule has 1 saturated heterocycles. The summed E-state index contributed by atoms with van der Waals surface area (Å²) in [6.45, 7) is 5.27. The first-order valence-corrected chi connectivity index (χ1v) is 11.9. The van der Waals surface area contributed by atoms with Gasteiger partial charge in [-0.2, -0.15) is 0 Å². The minimum Gasteiger partial charge on any atom is -0.508 e. The highest BCUT2D eigenvalue weighted by atomic mass is 16.5. The van der Waals surface area contributed by atoms with Gasteiger partial charge in [-0.05, 0) is 84.5 Å². The number of phenols is 1. The van der Waals surface area contributed by atoms with E-state index in [4.69, 9.17) is 4.74 Å². The zero-order valence-electron chi connectivity index (χ0n) is 19.3. The molecule has 4 nitrogen and oxygen atoms in total. The van der Waals surface area contributed by atoms with Crippen molar-refractivity contribution in [2.45, 2.75) is 32.3 Å². The fourth-order valence-corrected chi connectivity index (χ4v) is 4.53. The summed E-state index contributed by atoms with van der Waals surface area (Å²) in [5, 5.41) is 20.1. The molecule has 0 radical (unpaired) electrons. The second-order valence-corrected chi connectivity index (χ2v) is 8.62. The van der Waals surface area contributed by atoms with Crippen LogP contribution in [-0.4, -0.2) is 47.5 Å². The molecule has 1 fully saturated rings. The number of ether oxygens (including phenoxy) is 1. The van der Waals surface area contributed by atoms with Crippen LogP contribution in [0.3, 0.4) is 0 Å². The molecular weight excluding hydrogens is 410 g/mol. The zero-order valence-corrected chi connectivity index (χ0v) is 19.3. The van der Waals surface area contributed by atoms with Crippen molar-refractivity contribution >= 4 is 11.1 Å². The predicted octanol–water partition coefficient (Wildman–Crippen LogP) is 5.60. The Morgan fingerprint density at radius 3 is 2.06 bits per heavy atom. The summed E-state index contributed by atoms with van der Waals surface area (Å²) in [6, 6.07) is 25.9. The third-order valence-electron chi connectivity index (χ3n) is 6.19. The van der Waals surface area contributed by atoms with Crippen LogP contribution in [-0.2, 0) is 0 Å². The molecule has 3 aromatic rings. The van der Waals surface area contributed by atoms with Crippen molar-refractivity contribution in [1.82, 2.24) is 4.90 Å². The molecule has 4 rings (SSSR count). The van der Waals surface area contributed by atoms with Gasteiger partial charge >= 0.3 is 0 Å². The number of aromatic hydroxyl groups is 1.